The molecular weight excluding hydrogens is 338 g/mol. The predicted molar refractivity (Wildman–Crippen MR) is 92.7 cm³/mol. The molecule has 6 nitrogen and oxygen atoms in total. The first-order valence-electron chi connectivity index (χ1n) is 7.93. The topological polar surface area (TPSA) is 68.4 Å². The number of nitrogens with zero attached hydrogens (tertiary/aromatic N) is 3. The van der Waals surface area contributed by atoms with Crippen molar-refractivity contribution in [2.75, 3.05) is 0 Å². The highest BCUT2D eigenvalue weighted by molar-refractivity contribution is 7.11. The number of rotatable bonds is 7. The van der Waals surface area contributed by atoms with Crippen molar-refractivity contribution in [3.63, 3.8) is 0 Å². The summed E-state index contributed by atoms with van der Waals surface area (Å²) in [5.74, 6) is 2.51. The smallest absolute Gasteiger partial charge is 0.241 e. The molecule has 4 aromatic rings. The lowest BCUT2D eigenvalue weighted by molar-refractivity contribution is 0.198. The van der Waals surface area contributed by atoms with Gasteiger partial charge in [-0.25, -0.2) is 0 Å². The van der Waals surface area contributed by atoms with E-state index in [1.165, 1.54) is 9.75 Å². The molecule has 0 amide bonds. The van der Waals surface area contributed by atoms with E-state index in [0.717, 1.165) is 12.3 Å². The van der Waals surface area contributed by atoms with E-state index in [1.54, 1.807) is 29.9 Å². The van der Waals surface area contributed by atoms with Crippen LogP contribution in [0.15, 0.2) is 62.3 Å². The van der Waals surface area contributed by atoms with Gasteiger partial charge in [0.15, 0.2) is 5.76 Å². The van der Waals surface area contributed by atoms with Crippen molar-refractivity contribution < 1.29 is 13.4 Å². The molecule has 4 heterocycles. The van der Waals surface area contributed by atoms with Crippen molar-refractivity contribution in [1.82, 2.24) is 15.0 Å². The SMILES string of the molecule is Cc1ccc(CN(Cc2ccco2)Cc2nc(-c3ccco3)no2)s1. The van der Waals surface area contributed by atoms with Crippen LogP contribution in [0.3, 0.4) is 0 Å². The molecule has 0 saturated carbocycles. The van der Waals surface area contributed by atoms with E-state index < -0.39 is 0 Å². The van der Waals surface area contributed by atoms with Crippen molar-refractivity contribution in [2.45, 2.75) is 26.6 Å². The zero-order valence-corrected chi connectivity index (χ0v) is 14.5. The maximum atomic E-state index is 5.49. The molecule has 4 rings (SSSR count). The first kappa shape index (κ1) is 15.9. The summed E-state index contributed by atoms with van der Waals surface area (Å²) < 4.78 is 16.2. The number of thiophene rings is 1. The summed E-state index contributed by atoms with van der Waals surface area (Å²) in [4.78, 5) is 9.22. The minimum Gasteiger partial charge on any atom is -0.468 e. The standard InChI is InChI=1S/C18H17N3O3S/c1-13-6-7-15(25-13)11-21(10-14-4-2-8-22-14)12-17-19-18(20-24-17)16-5-3-9-23-16/h2-9H,10-12H2,1H3. The Balaban J connectivity index is 1.51. The second-order valence-corrected chi connectivity index (χ2v) is 7.10. The molecule has 0 spiro atoms. The van der Waals surface area contributed by atoms with Gasteiger partial charge in [0.1, 0.15) is 5.76 Å². The number of aromatic nitrogens is 2. The molecule has 128 valence electrons. The van der Waals surface area contributed by atoms with Gasteiger partial charge in [-0.3, -0.25) is 4.90 Å². The molecule has 0 bridgehead atoms. The summed E-state index contributed by atoms with van der Waals surface area (Å²) in [7, 11) is 0. The Bertz CT molecular complexity index is 909. The van der Waals surface area contributed by atoms with Crippen LogP contribution in [-0.2, 0) is 19.6 Å². The van der Waals surface area contributed by atoms with Gasteiger partial charge in [0.05, 0.1) is 25.6 Å². The summed E-state index contributed by atoms with van der Waals surface area (Å²) in [6.45, 7) is 4.10. The minimum absolute atomic E-state index is 0.463. The van der Waals surface area contributed by atoms with E-state index in [4.69, 9.17) is 13.4 Å². The number of aryl methyl sites for hydroxylation is 1. The van der Waals surface area contributed by atoms with Crippen molar-refractivity contribution in [3.05, 3.63) is 70.3 Å². The maximum Gasteiger partial charge on any atom is 0.241 e. The van der Waals surface area contributed by atoms with Crippen LogP contribution in [0.1, 0.15) is 21.4 Å². The maximum absolute atomic E-state index is 5.49. The van der Waals surface area contributed by atoms with Crippen LogP contribution in [0.4, 0.5) is 0 Å². The van der Waals surface area contributed by atoms with Crippen molar-refractivity contribution in [2.24, 2.45) is 0 Å². The highest BCUT2D eigenvalue weighted by atomic mass is 32.1. The second-order valence-electron chi connectivity index (χ2n) is 5.73. The summed E-state index contributed by atoms with van der Waals surface area (Å²) >= 11 is 1.79. The van der Waals surface area contributed by atoms with Gasteiger partial charge in [-0.1, -0.05) is 5.16 Å². The molecule has 0 aromatic carbocycles. The Morgan fingerprint density at radius 3 is 2.60 bits per heavy atom. The van der Waals surface area contributed by atoms with Gasteiger partial charge in [-0.15, -0.1) is 11.3 Å². The molecule has 0 aliphatic heterocycles. The molecule has 0 radical (unpaired) electrons. The summed E-state index contributed by atoms with van der Waals surface area (Å²) in [5, 5.41) is 3.99. The average molecular weight is 355 g/mol. The lowest BCUT2D eigenvalue weighted by Crippen LogP contribution is -2.21. The van der Waals surface area contributed by atoms with Gasteiger partial charge in [-0.2, -0.15) is 4.98 Å². The largest absolute Gasteiger partial charge is 0.468 e. The van der Waals surface area contributed by atoms with Crippen molar-refractivity contribution >= 4 is 11.3 Å². The Labute approximate surface area is 148 Å². The fourth-order valence-corrected chi connectivity index (χ4v) is 3.53. The Hall–Kier alpha value is -2.64. The molecular formula is C18H17N3O3S. The first-order valence-corrected chi connectivity index (χ1v) is 8.74. The minimum atomic E-state index is 0.463. The Morgan fingerprint density at radius 2 is 1.88 bits per heavy atom. The highest BCUT2D eigenvalue weighted by Gasteiger charge is 2.16. The number of hydrogen-bond acceptors (Lipinski definition) is 7. The molecule has 0 atom stereocenters. The van der Waals surface area contributed by atoms with Crippen LogP contribution in [-0.4, -0.2) is 15.0 Å². The normalized spacial score (nSPS) is 11.4. The molecule has 0 aliphatic carbocycles. The van der Waals surface area contributed by atoms with Crippen molar-refractivity contribution in [3.8, 4) is 11.6 Å². The van der Waals surface area contributed by atoms with E-state index in [1.807, 2.05) is 18.2 Å². The van der Waals surface area contributed by atoms with E-state index in [9.17, 15) is 0 Å². The lowest BCUT2D eigenvalue weighted by Gasteiger charge is -2.18. The second kappa shape index (κ2) is 7.08. The van der Waals surface area contributed by atoms with E-state index >= 15 is 0 Å². The van der Waals surface area contributed by atoms with Crippen LogP contribution in [0.5, 0.6) is 0 Å². The Morgan fingerprint density at radius 1 is 1.00 bits per heavy atom. The fraction of sp³-hybridized carbons (Fsp3) is 0.222. The molecule has 0 N–H and O–H groups in total. The number of furan rings is 2. The summed E-state index contributed by atoms with van der Waals surface area (Å²) in [5.41, 5.74) is 0. The van der Waals surface area contributed by atoms with E-state index in [-0.39, 0.29) is 0 Å². The third-order valence-electron chi connectivity index (χ3n) is 3.70. The summed E-state index contributed by atoms with van der Waals surface area (Å²) in [6, 6.07) is 11.8. The van der Waals surface area contributed by atoms with Crippen molar-refractivity contribution in [1.29, 1.82) is 0 Å². The van der Waals surface area contributed by atoms with Crippen LogP contribution < -0.4 is 0 Å². The molecule has 4 aromatic heterocycles. The zero-order valence-electron chi connectivity index (χ0n) is 13.7. The molecule has 25 heavy (non-hydrogen) atoms. The van der Waals surface area contributed by atoms with Crippen LogP contribution >= 0.6 is 11.3 Å². The van der Waals surface area contributed by atoms with Gasteiger partial charge >= 0.3 is 0 Å². The van der Waals surface area contributed by atoms with Gasteiger partial charge in [-0.05, 0) is 43.3 Å². The van der Waals surface area contributed by atoms with Crippen LogP contribution in [0.2, 0.25) is 0 Å². The van der Waals surface area contributed by atoms with Gasteiger partial charge < -0.3 is 13.4 Å². The van der Waals surface area contributed by atoms with E-state index in [2.05, 4.69) is 34.1 Å². The predicted octanol–water partition coefficient (Wildman–Crippen LogP) is 4.49. The monoisotopic (exact) mass is 355 g/mol. The third kappa shape index (κ3) is 3.89. The molecule has 0 aliphatic rings. The number of hydrogen-bond donors (Lipinski definition) is 0. The van der Waals surface area contributed by atoms with Gasteiger partial charge in [0.25, 0.3) is 0 Å². The van der Waals surface area contributed by atoms with Gasteiger partial charge in [0.2, 0.25) is 11.7 Å². The average Bonchev–Trinajstić information content (AvgIpc) is 3.35. The van der Waals surface area contributed by atoms with Gasteiger partial charge in [0, 0.05) is 16.3 Å². The fourth-order valence-electron chi connectivity index (χ4n) is 2.60. The summed E-state index contributed by atoms with van der Waals surface area (Å²) in [6.07, 6.45) is 3.28. The molecule has 7 heteroatoms. The lowest BCUT2D eigenvalue weighted by atomic mass is 10.3. The Kier molecular flexibility index (Phi) is 4.49. The van der Waals surface area contributed by atoms with E-state index in [0.29, 0.717) is 30.6 Å². The molecule has 0 saturated heterocycles. The first-order chi connectivity index (χ1) is 12.3. The zero-order chi connectivity index (χ0) is 17.1. The highest BCUT2D eigenvalue weighted by Crippen LogP contribution is 2.21. The van der Waals surface area contributed by atoms with Crippen LogP contribution in [0.25, 0.3) is 11.6 Å². The molecule has 0 unspecified atom stereocenters. The quantitative estimate of drug-likeness (QED) is 0.486. The third-order valence-corrected chi connectivity index (χ3v) is 4.69. The van der Waals surface area contributed by atoms with Crippen LogP contribution in [0, 0.1) is 6.92 Å². The molecule has 0 fully saturated rings.